The second-order valence-corrected chi connectivity index (χ2v) is 5.18. The minimum Gasteiger partial charge on any atom is -0.312 e. The van der Waals surface area contributed by atoms with Crippen molar-refractivity contribution in [2.75, 3.05) is 6.54 Å². The van der Waals surface area contributed by atoms with E-state index in [1.165, 1.54) is 12.1 Å². The Hall–Kier alpha value is -2.07. The van der Waals surface area contributed by atoms with E-state index in [1.807, 2.05) is 12.1 Å². The molecule has 0 fully saturated rings. The molecule has 3 rings (SSSR count). The third-order valence-corrected chi connectivity index (χ3v) is 3.82. The topological polar surface area (TPSA) is 29.1 Å². The van der Waals surface area contributed by atoms with Crippen molar-refractivity contribution < 1.29 is 13.6 Å². The summed E-state index contributed by atoms with van der Waals surface area (Å²) in [6.07, 6.45) is 0.663. The van der Waals surface area contributed by atoms with Gasteiger partial charge in [-0.15, -0.1) is 0 Å². The number of hydrogen-bond donors (Lipinski definition) is 1. The van der Waals surface area contributed by atoms with Gasteiger partial charge in [-0.25, -0.2) is 8.78 Å². The lowest BCUT2D eigenvalue weighted by molar-refractivity contribution is 0.0990. The molecular weight excluding hydrogens is 272 g/mol. The number of fused-ring (bicyclic) bond motifs is 1. The van der Waals surface area contributed by atoms with Crippen LogP contribution in [0.25, 0.3) is 0 Å². The largest absolute Gasteiger partial charge is 0.312 e. The highest BCUT2D eigenvalue weighted by Crippen LogP contribution is 2.21. The van der Waals surface area contributed by atoms with E-state index in [-0.39, 0.29) is 17.8 Å². The fraction of sp³-hybridized carbons (Fsp3) is 0.235. The fourth-order valence-corrected chi connectivity index (χ4v) is 2.75. The first-order chi connectivity index (χ1) is 10.2. The van der Waals surface area contributed by atoms with E-state index in [4.69, 9.17) is 0 Å². The molecule has 0 bridgehead atoms. The summed E-state index contributed by atoms with van der Waals surface area (Å²) in [5, 5.41) is 3.25. The summed E-state index contributed by atoms with van der Waals surface area (Å²) in [5.74, 6) is -2.02. The highest BCUT2D eigenvalue weighted by molar-refractivity contribution is 5.99. The molecule has 108 valence electrons. The van der Waals surface area contributed by atoms with Gasteiger partial charge in [0.25, 0.3) is 0 Å². The van der Waals surface area contributed by atoms with Gasteiger partial charge in [-0.1, -0.05) is 30.3 Å². The standard InChI is InChI=1S/C17H15F2NO/c18-15-6-2-3-11(17(15)19)9-16(21)14-5-1-4-12-10-20-8-7-13(12)14/h1-6,20H,7-10H2. The average molecular weight is 287 g/mol. The summed E-state index contributed by atoms with van der Waals surface area (Å²) in [4.78, 5) is 12.4. The van der Waals surface area contributed by atoms with Crippen LogP contribution in [0.5, 0.6) is 0 Å². The summed E-state index contributed by atoms with van der Waals surface area (Å²) >= 11 is 0. The summed E-state index contributed by atoms with van der Waals surface area (Å²) in [7, 11) is 0. The van der Waals surface area contributed by atoms with Crippen molar-refractivity contribution in [2.24, 2.45) is 0 Å². The second-order valence-electron chi connectivity index (χ2n) is 5.18. The second kappa shape index (κ2) is 5.74. The van der Waals surface area contributed by atoms with Gasteiger partial charge in [0.05, 0.1) is 0 Å². The number of Topliss-reactive ketones (excluding diaryl/α,β-unsaturated/α-hetero) is 1. The van der Waals surface area contributed by atoms with E-state index < -0.39 is 11.6 Å². The van der Waals surface area contributed by atoms with E-state index in [2.05, 4.69) is 5.32 Å². The Kier molecular flexibility index (Phi) is 3.80. The SMILES string of the molecule is O=C(Cc1cccc(F)c1F)c1cccc2c1CCNC2. The summed E-state index contributed by atoms with van der Waals surface area (Å²) in [5.41, 5.74) is 2.86. The zero-order chi connectivity index (χ0) is 14.8. The van der Waals surface area contributed by atoms with Crippen LogP contribution < -0.4 is 5.32 Å². The molecule has 0 atom stereocenters. The van der Waals surface area contributed by atoms with E-state index >= 15 is 0 Å². The van der Waals surface area contributed by atoms with Gasteiger partial charge in [0, 0.05) is 18.5 Å². The van der Waals surface area contributed by atoms with Crippen LogP contribution in [0.2, 0.25) is 0 Å². The maximum Gasteiger partial charge on any atom is 0.167 e. The molecule has 1 N–H and O–H groups in total. The quantitative estimate of drug-likeness (QED) is 0.879. The number of carbonyl (C=O) groups is 1. The first-order valence-corrected chi connectivity index (χ1v) is 6.94. The molecule has 21 heavy (non-hydrogen) atoms. The molecule has 0 aromatic heterocycles. The van der Waals surface area contributed by atoms with Crippen molar-refractivity contribution in [1.29, 1.82) is 0 Å². The highest BCUT2D eigenvalue weighted by Gasteiger charge is 2.19. The summed E-state index contributed by atoms with van der Waals surface area (Å²) in [6, 6.07) is 9.52. The Balaban J connectivity index is 1.91. The molecule has 2 aromatic carbocycles. The number of hydrogen-bond acceptors (Lipinski definition) is 2. The number of rotatable bonds is 3. The number of nitrogens with one attached hydrogen (secondary N) is 1. The Morgan fingerprint density at radius 2 is 1.95 bits per heavy atom. The molecule has 0 amide bonds. The van der Waals surface area contributed by atoms with E-state index in [1.54, 1.807) is 6.07 Å². The number of carbonyl (C=O) groups excluding carboxylic acids is 1. The van der Waals surface area contributed by atoms with Gasteiger partial charge in [0.15, 0.2) is 17.4 Å². The van der Waals surface area contributed by atoms with E-state index in [0.29, 0.717) is 5.56 Å². The van der Waals surface area contributed by atoms with Crippen LogP contribution in [0, 0.1) is 11.6 Å². The molecule has 2 nitrogen and oxygen atoms in total. The Morgan fingerprint density at radius 1 is 1.14 bits per heavy atom. The summed E-state index contributed by atoms with van der Waals surface area (Å²) < 4.78 is 26.9. The van der Waals surface area contributed by atoms with Gasteiger partial charge in [-0.2, -0.15) is 0 Å². The van der Waals surface area contributed by atoms with Crippen molar-refractivity contribution >= 4 is 5.78 Å². The molecule has 0 radical (unpaired) electrons. The smallest absolute Gasteiger partial charge is 0.167 e. The van der Waals surface area contributed by atoms with Crippen molar-refractivity contribution in [2.45, 2.75) is 19.4 Å². The lowest BCUT2D eigenvalue weighted by Crippen LogP contribution is -2.25. The number of ketones is 1. The van der Waals surface area contributed by atoms with Gasteiger partial charge in [-0.05, 0) is 35.7 Å². The van der Waals surface area contributed by atoms with Gasteiger partial charge >= 0.3 is 0 Å². The van der Waals surface area contributed by atoms with E-state index in [0.717, 1.165) is 36.7 Å². The molecule has 0 spiro atoms. The van der Waals surface area contributed by atoms with Crippen molar-refractivity contribution in [3.05, 3.63) is 70.3 Å². The Bertz CT molecular complexity index is 697. The molecule has 4 heteroatoms. The normalized spacial score (nSPS) is 13.8. The minimum atomic E-state index is -0.933. The molecule has 0 saturated heterocycles. The predicted octanol–water partition coefficient (Wildman–Crippen LogP) is 3.04. The number of benzene rings is 2. The van der Waals surface area contributed by atoms with Crippen LogP contribution in [0.3, 0.4) is 0 Å². The Morgan fingerprint density at radius 3 is 2.81 bits per heavy atom. The van der Waals surface area contributed by atoms with Gasteiger partial charge in [-0.3, -0.25) is 4.79 Å². The minimum absolute atomic E-state index is 0.103. The molecule has 0 unspecified atom stereocenters. The lowest BCUT2D eigenvalue weighted by atomic mass is 9.91. The highest BCUT2D eigenvalue weighted by atomic mass is 19.2. The van der Waals surface area contributed by atoms with E-state index in [9.17, 15) is 13.6 Å². The average Bonchev–Trinajstić information content (AvgIpc) is 2.51. The molecule has 1 aliphatic rings. The molecule has 1 aliphatic heterocycles. The maximum absolute atomic E-state index is 13.7. The van der Waals surface area contributed by atoms with Gasteiger partial charge < -0.3 is 5.32 Å². The zero-order valence-electron chi connectivity index (χ0n) is 11.5. The molecule has 0 aliphatic carbocycles. The first-order valence-electron chi connectivity index (χ1n) is 6.94. The first kappa shape index (κ1) is 13.9. The number of halogens is 2. The fourth-order valence-electron chi connectivity index (χ4n) is 2.75. The molecule has 2 aromatic rings. The maximum atomic E-state index is 13.7. The van der Waals surface area contributed by atoms with Crippen LogP contribution in [0.4, 0.5) is 8.78 Å². The van der Waals surface area contributed by atoms with Crippen LogP contribution in [-0.4, -0.2) is 12.3 Å². The van der Waals surface area contributed by atoms with Crippen LogP contribution >= 0.6 is 0 Å². The van der Waals surface area contributed by atoms with Crippen LogP contribution in [0.1, 0.15) is 27.0 Å². The van der Waals surface area contributed by atoms with Crippen LogP contribution in [-0.2, 0) is 19.4 Å². The summed E-state index contributed by atoms with van der Waals surface area (Å²) in [6.45, 7) is 1.57. The van der Waals surface area contributed by atoms with Crippen LogP contribution in [0.15, 0.2) is 36.4 Å². The molecular formula is C17H15F2NO. The molecule has 0 saturated carbocycles. The third-order valence-electron chi connectivity index (χ3n) is 3.82. The zero-order valence-corrected chi connectivity index (χ0v) is 11.5. The monoisotopic (exact) mass is 287 g/mol. The lowest BCUT2D eigenvalue weighted by Gasteiger charge is -2.19. The Labute approximate surface area is 121 Å². The molecule has 1 heterocycles. The van der Waals surface area contributed by atoms with Crippen molar-refractivity contribution in [3.63, 3.8) is 0 Å². The van der Waals surface area contributed by atoms with Crippen molar-refractivity contribution in [1.82, 2.24) is 5.32 Å². The predicted molar refractivity (Wildman–Crippen MR) is 76.2 cm³/mol. The van der Waals surface area contributed by atoms with Gasteiger partial charge in [0.1, 0.15) is 0 Å². The van der Waals surface area contributed by atoms with Gasteiger partial charge in [0.2, 0.25) is 0 Å². The third kappa shape index (κ3) is 2.72. The van der Waals surface area contributed by atoms with Crippen molar-refractivity contribution in [3.8, 4) is 0 Å².